The molecule has 2 rings (SSSR count). The summed E-state index contributed by atoms with van der Waals surface area (Å²) in [5, 5.41) is 2.83. The molecule has 0 unspecified atom stereocenters. The molecule has 0 amide bonds. The van der Waals surface area contributed by atoms with Crippen molar-refractivity contribution < 1.29 is 4.79 Å². The summed E-state index contributed by atoms with van der Waals surface area (Å²) in [6, 6.07) is 5.33. The first kappa shape index (κ1) is 10.4. The number of hydrogen-bond acceptors (Lipinski definition) is 3. The molecule has 0 fully saturated rings. The number of ketones is 1. The Morgan fingerprint density at radius 1 is 1.44 bits per heavy atom. The molecule has 0 saturated carbocycles. The Morgan fingerprint density at radius 3 is 2.75 bits per heavy atom. The van der Waals surface area contributed by atoms with Gasteiger partial charge in [0.25, 0.3) is 5.56 Å². The third-order valence-electron chi connectivity index (χ3n) is 2.32. The van der Waals surface area contributed by atoms with Crippen LogP contribution in [0, 0.1) is 0 Å². The fourth-order valence-electron chi connectivity index (χ4n) is 1.57. The third-order valence-corrected chi connectivity index (χ3v) is 2.32. The zero-order chi connectivity index (χ0) is 11.7. The van der Waals surface area contributed by atoms with Crippen LogP contribution in [-0.4, -0.2) is 20.5 Å². The first-order chi connectivity index (χ1) is 7.61. The average molecular weight is 217 g/mol. The van der Waals surface area contributed by atoms with Crippen molar-refractivity contribution in [2.75, 3.05) is 0 Å². The highest BCUT2D eigenvalue weighted by atomic mass is 16.2. The molecule has 0 aliphatic carbocycles. The van der Waals surface area contributed by atoms with Crippen molar-refractivity contribution in [1.29, 1.82) is 0 Å². The molecular formula is C11H11N3O2. The Bertz CT molecular complexity index is 581. The zero-order valence-corrected chi connectivity index (χ0v) is 9.02. The number of aromatic nitrogens is 3. The van der Waals surface area contributed by atoms with E-state index in [-0.39, 0.29) is 16.9 Å². The number of Topliss-reactive ketones (excluding diaryl/α,β-unsaturated/α-hetero) is 1. The predicted molar refractivity (Wildman–Crippen MR) is 59.3 cm³/mol. The Kier molecular flexibility index (Phi) is 2.44. The quantitative estimate of drug-likeness (QED) is 0.762. The third kappa shape index (κ3) is 1.56. The lowest BCUT2D eigenvalue weighted by atomic mass is 10.1. The maximum absolute atomic E-state index is 11.7. The number of aryl methyl sites for hydroxylation is 1. The van der Waals surface area contributed by atoms with Gasteiger partial charge in [-0.1, -0.05) is 6.07 Å². The molecule has 2 heterocycles. The van der Waals surface area contributed by atoms with Crippen LogP contribution in [0.15, 0.2) is 29.2 Å². The SMILES string of the molecule is CC(=O)c1c(-c2ccccn2)[nH]n(C)c1=O. The van der Waals surface area contributed by atoms with Gasteiger partial charge >= 0.3 is 0 Å². The lowest BCUT2D eigenvalue weighted by Gasteiger charge is -1.97. The summed E-state index contributed by atoms with van der Waals surface area (Å²) in [6.07, 6.45) is 1.62. The molecule has 16 heavy (non-hydrogen) atoms. The smallest absolute Gasteiger partial charge is 0.277 e. The predicted octanol–water partition coefficient (Wildman–Crippen LogP) is 0.978. The fourth-order valence-corrected chi connectivity index (χ4v) is 1.57. The van der Waals surface area contributed by atoms with Gasteiger partial charge < -0.3 is 0 Å². The summed E-state index contributed by atoms with van der Waals surface area (Å²) in [6.45, 7) is 1.37. The fraction of sp³-hybridized carbons (Fsp3) is 0.182. The van der Waals surface area contributed by atoms with E-state index in [0.717, 1.165) is 0 Å². The van der Waals surface area contributed by atoms with Crippen molar-refractivity contribution in [3.05, 3.63) is 40.3 Å². The molecule has 0 saturated heterocycles. The lowest BCUT2D eigenvalue weighted by Crippen LogP contribution is -2.17. The second-order valence-corrected chi connectivity index (χ2v) is 3.50. The number of carbonyl (C=O) groups excluding carboxylic acids is 1. The highest BCUT2D eigenvalue weighted by Crippen LogP contribution is 2.16. The maximum Gasteiger partial charge on any atom is 0.277 e. The molecule has 5 nitrogen and oxygen atoms in total. The van der Waals surface area contributed by atoms with E-state index in [2.05, 4.69) is 10.1 Å². The van der Waals surface area contributed by atoms with E-state index in [9.17, 15) is 9.59 Å². The molecule has 2 aromatic heterocycles. The molecule has 5 heteroatoms. The monoisotopic (exact) mass is 217 g/mol. The Labute approximate surface area is 91.7 Å². The van der Waals surface area contributed by atoms with Crippen molar-refractivity contribution in [2.45, 2.75) is 6.92 Å². The topological polar surface area (TPSA) is 67.8 Å². The summed E-state index contributed by atoms with van der Waals surface area (Å²) in [5.74, 6) is -0.262. The van der Waals surface area contributed by atoms with Crippen molar-refractivity contribution in [3.63, 3.8) is 0 Å². The van der Waals surface area contributed by atoms with Crippen LogP contribution in [0.5, 0.6) is 0 Å². The number of hydrogen-bond donors (Lipinski definition) is 1. The van der Waals surface area contributed by atoms with Gasteiger partial charge in [-0.3, -0.25) is 24.4 Å². The van der Waals surface area contributed by atoms with Crippen LogP contribution in [0.25, 0.3) is 11.4 Å². The molecule has 0 aliphatic heterocycles. The summed E-state index contributed by atoms with van der Waals surface area (Å²) in [7, 11) is 1.57. The zero-order valence-electron chi connectivity index (χ0n) is 9.02. The second kappa shape index (κ2) is 3.77. The second-order valence-electron chi connectivity index (χ2n) is 3.50. The van der Waals surface area contributed by atoms with Crippen molar-refractivity contribution >= 4 is 5.78 Å². The Balaban J connectivity index is 2.71. The summed E-state index contributed by atoms with van der Waals surface area (Å²) < 4.78 is 1.28. The normalized spacial score (nSPS) is 10.4. The van der Waals surface area contributed by atoms with E-state index in [0.29, 0.717) is 11.4 Å². The van der Waals surface area contributed by atoms with Gasteiger partial charge in [-0.2, -0.15) is 0 Å². The molecule has 0 aliphatic rings. The highest BCUT2D eigenvalue weighted by Gasteiger charge is 2.18. The molecular weight excluding hydrogens is 206 g/mol. The van der Waals surface area contributed by atoms with Crippen molar-refractivity contribution in [1.82, 2.24) is 14.8 Å². The van der Waals surface area contributed by atoms with Crippen molar-refractivity contribution in [2.24, 2.45) is 7.05 Å². The molecule has 0 bridgehead atoms. The molecule has 1 N–H and O–H groups in total. The number of rotatable bonds is 2. The largest absolute Gasteiger partial charge is 0.294 e. The van der Waals surface area contributed by atoms with E-state index in [1.807, 2.05) is 0 Å². The van der Waals surface area contributed by atoms with Gasteiger partial charge in [-0.05, 0) is 19.1 Å². The molecule has 0 spiro atoms. The minimum Gasteiger partial charge on any atom is -0.294 e. The van der Waals surface area contributed by atoms with Crippen LogP contribution >= 0.6 is 0 Å². The highest BCUT2D eigenvalue weighted by molar-refractivity contribution is 5.99. The lowest BCUT2D eigenvalue weighted by molar-refractivity contribution is 0.101. The Hall–Kier alpha value is -2.17. The molecule has 82 valence electrons. The van der Waals surface area contributed by atoms with Gasteiger partial charge in [0, 0.05) is 13.2 Å². The first-order valence-corrected chi connectivity index (χ1v) is 4.82. The number of pyridine rings is 1. The number of aromatic amines is 1. The van der Waals surface area contributed by atoms with Gasteiger partial charge in [0.05, 0.1) is 11.4 Å². The van der Waals surface area contributed by atoms with Crippen LogP contribution < -0.4 is 5.56 Å². The van der Waals surface area contributed by atoms with Crippen LogP contribution in [0.2, 0.25) is 0 Å². The van der Waals surface area contributed by atoms with Gasteiger partial charge in [-0.15, -0.1) is 0 Å². The number of nitrogens with one attached hydrogen (secondary N) is 1. The van der Waals surface area contributed by atoms with Gasteiger partial charge in [-0.25, -0.2) is 0 Å². The maximum atomic E-state index is 11.7. The van der Waals surface area contributed by atoms with Gasteiger partial charge in [0.15, 0.2) is 5.78 Å². The minimum absolute atomic E-state index is 0.154. The van der Waals surface area contributed by atoms with E-state index in [1.165, 1.54) is 11.6 Å². The first-order valence-electron chi connectivity index (χ1n) is 4.82. The summed E-state index contributed by atoms with van der Waals surface area (Å²) >= 11 is 0. The van der Waals surface area contributed by atoms with Crippen LogP contribution in [0.1, 0.15) is 17.3 Å². The number of H-pyrrole nitrogens is 1. The van der Waals surface area contributed by atoms with E-state index in [4.69, 9.17) is 0 Å². The molecule has 2 aromatic rings. The summed E-state index contributed by atoms with van der Waals surface area (Å²) in [4.78, 5) is 27.2. The number of nitrogens with zero attached hydrogens (tertiary/aromatic N) is 2. The van der Waals surface area contributed by atoms with Crippen LogP contribution in [-0.2, 0) is 7.05 Å². The Morgan fingerprint density at radius 2 is 2.19 bits per heavy atom. The van der Waals surface area contributed by atoms with Gasteiger partial charge in [0.1, 0.15) is 5.56 Å². The van der Waals surface area contributed by atoms with E-state index >= 15 is 0 Å². The summed E-state index contributed by atoms with van der Waals surface area (Å²) in [5.41, 5.74) is 0.889. The van der Waals surface area contributed by atoms with Crippen LogP contribution in [0.4, 0.5) is 0 Å². The molecule has 0 aromatic carbocycles. The standard InChI is InChI=1S/C11H11N3O2/c1-7(15)9-10(13-14(2)11(9)16)8-5-3-4-6-12-8/h3-6,13H,1-2H3. The average Bonchev–Trinajstić information content (AvgIpc) is 2.57. The van der Waals surface area contributed by atoms with Gasteiger partial charge in [0.2, 0.25) is 0 Å². The minimum atomic E-state index is -0.326. The van der Waals surface area contributed by atoms with Crippen molar-refractivity contribution in [3.8, 4) is 11.4 Å². The van der Waals surface area contributed by atoms with Crippen LogP contribution in [0.3, 0.4) is 0 Å². The van der Waals surface area contributed by atoms with E-state index < -0.39 is 0 Å². The molecule has 0 radical (unpaired) electrons. The molecule has 0 atom stereocenters. The number of carbonyl (C=O) groups is 1. The van der Waals surface area contributed by atoms with E-state index in [1.54, 1.807) is 31.4 Å².